The van der Waals surface area contributed by atoms with Crippen molar-refractivity contribution in [1.29, 1.82) is 0 Å². The molecule has 0 amide bonds. The van der Waals surface area contributed by atoms with Gasteiger partial charge in [0.1, 0.15) is 11.9 Å². The van der Waals surface area contributed by atoms with Crippen LogP contribution in [0.4, 0.5) is 0 Å². The van der Waals surface area contributed by atoms with Gasteiger partial charge in [0.2, 0.25) is 5.95 Å². The summed E-state index contributed by atoms with van der Waals surface area (Å²) >= 11 is 1.80. The number of para-hydroxylation sites is 2. The van der Waals surface area contributed by atoms with E-state index in [-0.39, 0.29) is 6.10 Å². The van der Waals surface area contributed by atoms with E-state index in [1.165, 1.54) is 31.3 Å². The first-order valence-electron chi connectivity index (χ1n) is 21.7. The zero-order chi connectivity index (χ0) is 41.9. The van der Waals surface area contributed by atoms with Crippen molar-refractivity contribution in [2.24, 2.45) is 0 Å². The third-order valence-electron chi connectivity index (χ3n) is 13.1. The van der Waals surface area contributed by atoms with Gasteiger partial charge in [0.05, 0.1) is 27.8 Å². The van der Waals surface area contributed by atoms with E-state index in [1.54, 1.807) is 11.3 Å². The molecule has 1 atom stereocenters. The van der Waals surface area contributed by atoms with Crippen LogP contribution in [0.3, 0.4) is 0 Å². The molecule has 6 nitrogen and oxygen atoms in total. The van der Waals surface area contributed by atoms with Gasteiger partial charge in [0.15, 0.2) is 11.6 Å². The van der Waals surface area contributed by atoms with E-state index in [2.05, 4.69) is 185 Å². The van der Waals surface area contributed by atoms with E-state index in [9.17, 15) is 0 Å². The number of allylic oxidation sites excluding steroid dienone is 2. The molecule has 8 aromatic carbocycles. The minimum absolute atomic E-state index is 0.113. The highest BCUT2D eigenvalue weighted by Crippen LogP contribution is 2.49. The number of aromatic nitrogens is 5. The maximum absolute atomic E-state index is 6.86. The average Bonchev–Trinajstić information content (AvgIpc) is 4.12. The zero-order valence-corrected chi connectivity index (χ0v) is 35.1. The van der Waals surface area contributed by atoms with Gasteiger partial charge >= 0.3 is 0 Å². The van der Waals surface area contributed by atoms with Crippen molar-refractivity contribution < 1.29 is 4.74 Å². The Kier molecular flexibility index (Phi) is 7.58. The second-order valence-electron chi connectivity index (χ2n) is 16.6. The Morgan fingerprint density at radius 3 is 1.91 bits per heavy atom. The van der Waals surface area contributed by atoms with Crippen molar-refractivity contribution >= 4 is 86.4 Å². The van der Waals surface area contributed by atoms with E-state index in [0.29, 0.717) is 17.6 Å². The smallest absolute Gasteiger partial charge is 0.238 e. The number of benzene rings is 8. The normalized spacial score (nSPS) is 14.7. The van der Waals surface area contributed by atoms with Crippen LogP contribution in [0, 0.1) is 0 Å². The molecule has 0 fully saturated rings. The van der Waals surface area contributed by atoms with Crippen molar-refractivity contribution in [2.45, 2.75) is 12.5 Å². The molecule has 2 aliphatic rings. The van der Waals surface area contributed by atoms with Gasteiger partial charge in [-0.25, -0.2) is 4.98 Å². The number of fused-ring (bicyclic) bond motifs is 13. The van der Waals surface area contributed by atoms with Crippen molar-refractivity contribution in [3.05, 3.63) is 200 Å². The second-order valence-corrected chi connectivity index (χ2v) is 17.7. The molecule has 0 bridgehead atoms. The number of nitrogens with zero attached hydrogens (tertiary/aromatic N) is 5. The summed E-state index contributed by atoms with van der Waals surface area (Å²) in [7, 11) is 0. The van der Waals surface area contributed by atoms with Crippen LogP contribution in [0.15, 0.2) is 194 Å². The zero-order valence-electron chi connectivity index (χ0n) is 34.3. The average molecular weight is 838 g/mol. The number of thiophene rings is 1. The lowest BCUT2D eigenvalue weighted by Crippen LogP contribution is -2.16. The second kappa shape index (κ2) is 13.7. The van der Waals surface area contributed by atoms with Crippen LogP contribution in [0.25, 0.3) is 115 Å². The van der Waals surface area contributed by atoms with E-state index in [0.717, 1.165) is 83.7 Å². The molecular weight excluding hydrogens is 803 g/mol. The monoisotopic (exact) mass is 837 g/mol. The van der Waals surface area contributed by atoms with Crippen LogP contribution in [0.5, 0.6) is 5.75 Å². The molecule has 0 N–H and O–H groups in total. The summed E-state index contributed by atoms with van der Waals surface area (Å²) in [6, 6.07) is 64.6. The molecule has 0 spiro atoms. The highest BCUT2D eigenvalue weighted by Gasteiger charge is 2.34. The maximum atomic E-state index is 6.86. The Labute approximate surface area is 371 Å². The largest absolute Gasteiger partial charge is 0.485 e. The minimum atomic E-state index is -0.113. The maximum Gasteiger partial charge on any atom is 0.238 e. The number of ether oxygens (including phenoxy) is 1. The lowest BCUT2D eigenvalue weighted by atomic mass is 9.93. The lowest BCUT2D eigenvalue weighted by molar-refractivity contribution is 0.279. The van der Waals surface area contributed by atoms with Crippen molar-refractivity contribution in [3.8, 4) is 45.6 Å². The number of rotatable bonds is 5. The number of hydrogen-bond acceptors (Lipinski definition) is 5. The summed E-state index contributed by atoms with van der Waals surface area (Å²) in [5.41, 5.74) is 11.9. The van der Waals surface area contributed by atoms with Crippen molar-refractivity contribution in [2.75, 3.05) is 0 Å². The summed E-state index contributed by atoms with van der Waals surface area (Å²) < 4.78 is 14.1. The molecule has 12 aromatic rings. The van der Waals surface area contributed by atoms with Crippen LogP contribution in [0.1, 0.15) is 12.0 Å². The van der Waals surface area contributed by atoms with Crippen molar-refractivity contribution in [3.63, 3.8) is 0 Å². The third-order valence-corrected chi connectivity index (χ3v) is 14.2. The SMILES string of the molecule is C1=CC(n2c3ccccc3c3ccc4c5ccccc5n(-c5nc(-c6ccccc6)nc(-c6cccc7sc8ccccc8c67)n5)c4c32)=C2c3ccc(-c4ccccc4)cc3OC2C1. The quantitative estimate of drug-likeness (QED) is 0.173. The molecule has 0 saturated heterocycles. The first-order chi connectivity index (χ1) is 31.7. The van der Waals surface area contributed by atoms with Gasteiger partial charge in [-0.1, -0.05) is 158 Å². The van der Waals surface area contributed by atoms with E-state index in [4.69, 9.17) is 19.7 Å². The van der Waals surface area contributed by atoms with Gasteiger partial charge in [0, 0.05) is 70.4 Å². The van der Waals surface area contributed by atoms with Crippen LogP contribution in [0.2, 0.25) is 0 Å². The van der Waals surface area contributed by atoms with Gasteiger partial charge in [-0.15, -0.1) is 11.3 Å². The van der Waals surface area contributed by atoms with Gasteiger partial charge in [-0.3, -0.25) is 4.57 Å². The summed E-state index contributed by atoms with van der Waals surface area (Å²) in [5, 5.41) is 6.94. The Balaban J connectivity index is 1.09. The van der Waals surface area contributed by atoms with Gasteiger partial charge < -0.3 is 9.30 Å². The molecule has 5 heterocycles. The molecule has 0 radical (unpaired) electrons. The summed E-state index contributed by atoms with van der Waals surface area (Å²) in [6.07, 6.45) is 5.25. The van der Waals surface area contributed by atoms with E-state index < -0.39 is 0 Å². The highest BCUT2D eigenvalue weighted by atomic mass is 32.1. The van der Waals surface area contributed by atoms with E-state index >= 15 is 0 Å². The summed E-state index contributed by atoms with van der Waals surface area (Å²) in [4.78, 5) is 16.2. The Morgan fingerprint density at radius 2 is 1.12 bits per heavy atom. The molecule has 64 heavy (non-hydrogen) atoms. The summed E-state index contributed by atoms with van der Waals surface area (Å²) in [6.45, 7) is 0. The minimum Gasteiger partial charge on any atom is -0.485 e. The fourth-order valence-electron chi connectivity index (χ4n) is 10.3. The van der Waals surface area contributed by atoms with Crippen LogP contribution in [-0.2, 0) is 0 Å². The number of hydrogen-bond donors (Lipinski definition) is 0. The molecule has 4 aromatic heterocycles. The molecule has 1 unspecified atom stereocenters. The molecular formula is C57H35N5OS. The Bertz CT molecular complexity index is 3970. The van der Waals surface area contributed by atoms with Crippen molar-refractivity contribution in [1.82, 2.24) is 24.1 Å². The molecule has 14 rings (SSSR count). The Hall–Kier alpha value is -8.13. The first kappa shape index (κ1) is 35.5. The lowest BCUT2D eigenvalue weighted by Gasteiger charge is -2.21. The van der Waals surface area contributed by atoms with Crippen LogP contribution >= 0.6 is 11.3 Å². The Morgan fingerprint density at radius 1 is 0.484 bits per heavy atom. The van der Waals surface area contributed by atoms with Gasteiger partial charge in [-0.05, 0) is 47.5 Å². The molecule has 300 valence electrons. The molecule has 1 aliphatic heterocycles. The first-order valence-corrected chi connectivity index (χ1v) is 22.5. The van der Waals surface area contributed by atoms with Crippen LogP contribution < -0.4 is 4.74 Å². The molecule has 7 heteroatoms. The fraction of sp³-hybridized carbons (Fsp3) is 0.0351. The van der Waals surface area contributed by atoms with Crippen LogP contribution in [-0.4, -0.2) is 30.2 Å². The van der Waals surface area contributed by atoms with E-state index in [1.807, 2.05) is 18.2 Å². The van der Waals surface area contributed by atoms with Gasteiger partial charge in [-0.2, -0.15) is 9.97 Å². The highest BCUT2D eigenvalue weighted by molar-refractivity contribution is 7.25. The molecule has 0 saturated carbocycles. The predicted molar refractivity (Wildman–Crippen MR) is 264 cm³/mol. The fourth-order valence-corrected chi connectivity index (χ4v) is 11.4. The predicted octanol–water partition coefficient (Wildman–Crippen LogP) is 14.5. The topological polar surface area (TPSA) is 57.8 Å². The summed E-state index contributed by atoms with van der Waals surface area (Å²) in [5.74, 6) is 2.73. The molecule has 1 aliphatic carbocycles. The van der Waals surface area contributed by atoms with Gasteiger partial charge in [0.25, 0.3) is 0 Å². The standard InChI is InChI=1S/C57H35N5OS/c1-3-15-34(16-4-1)36-29-30-41-48(33-36)63-47-26-14-25-46(52(41)47)61-44-23-10-7-19-37(44)39-31-32-40-38-20-8-11-24-45(38)62(54(40)53(39)61)57-59-55(35-17-5-2-6-18-35)58-56(60-57)43-22-13-28-50-51(43)42-21-9-12-27-49(42)64-50/h1-25,27-33,47H,26H2. The third kappa shape index (κ3) is 5.16.